The van der Waals surface area contributed by atoms with Crippen LogP contribution in [0.15, 0.2) is 9.67 Å². The molecule has 0 atom stereocenters. The summed E-state index contributed by atoms with van der Waals surface area (Å²) in [7, 11) is 0. The molecular formula is C19H40OSn. The van der Waals surface area contributed by atoms with Crippen molar-refractivity contribution >= 4 is 18.4 Å². The van der Waals surface area contributed by atoms with Crippen molar-refractivity contribution in [3.8, 4) is 0 Å². The van der Waals surface area contributed by atoms with Gasteiger partial charge in [0.15, 0.2) is 0 Å². The molecule has 0 bridgehead atoms. The van der Waals surface area contributed by atoms with Gasteiger partial charge in [-0.2, -0.15) is 0 Å². The van der Waals surface area contributed by atoms with E-state index in [2.05, 4.69) is 47.6 Å². The predicted octanol–water partition coefficient (Wildman–Crippen LogP) is 6.34. The molecule has 0 saturated carbocycles. The molecule has 0 heterocycles. The van der Waals surface area contributed by atoms with E-state index in [0.29, 0.717) is 6.61 Å². The van der Waals surface area contributed by atoms with Crippen LogP contribution in [0.25, 0.3) is 0 Å². The normalized spacial score (nSPS) is 13.8. The second-order valence-electron chi connectivity index (χ2n) is 7.78. The quantitative estimate of drug-likeness (QED) is 0.399. The van der Waals surface area contributed by atoms with E-state index in [4.69, 9.17) is 0 Å². The topological polar surface area (TPSA) is 20.2 Å². The zero-order valence-corrected chi connectivity index (χ0v) is 18.4. The van der Waals surface area contributed by atoms with E-state index in [-0.39, 0.29) is 5.41 Å². The van der Waals surface area contributed by atoms with E-state index in [9.17, 15) is 5.11 Å². The van der Waals surface area contributed by atoms with Gasteiger partial charge in [-0.05, 0) is 0 Å². The van der Waals surface area contributed by atoms with Crippen molar-refractivity contribution in [3.63, 3.8) is 0 Å². The van der Waals surface area contributed by atoms with Crippen molar-refractivity contribution < 1.29 is 5.11 Å². The van der Waals surface area contributed by atoms with Gasteiger partial charge in [-0.1, -0.05) is 0 Å². The van der Waals surface area contributed by atoms with Gasteiger partial charge in [-0.3, -0.25) is 0 Å². The van der Waals surface area contributed by atoms with E-state index >= 15 is 0 Å². The Bertz CT molecular complexity index is 267. The van der Waals surface area contributed by atoms with Crippen LogP contribution in [0.3, 0.4) is 0 Å². The predicted molar refractivity (Wildman–Crippen MR) is 99.5 cm³/mol. The molecule has 0 aromatic heterocycles. The maximum absolute atomic E-state index is 10.1. The molecule has 0 radical (unpaired) electrons. The maximum atomic E-state index is 10.1. The third-order valence-electron chi connectivity index (χ3n) is 4.49. The summed E-state index contributed by atoms with van der Waals surface area (Å²) in [5.41, 5.74) is 0.199. The van der Waals surface area contributed by atoms with Crippen molar-refractivity contribution in [2.75, 3.05) is 6.61 Å². The van der Waals surface area contributed by atoms with E-state index < -0.39 is 18.4 Å². The molecule has 0 aliphatic carbocycles. The third-order valence-corrected chi connectivity index (χ3v) is 20.5. The first-order chi connectivity index (χ1) is 9.85. The molecule has 126 valence electrons. The first-order valence-electron chi connectivity index (χ1n) is 9.18. The van der Waals surface area contributed by atoms with Gasteiger partial charge in [0.05, 0.1) is 0 Å². The van der Waals surface area contributed by atoms with Gasteiger partial charge in [0.1, 0.15) is 0 Å². The van der Waals surface area contributed by atoms with Crippen molar-refractivity contribution in [2.24, 2.45) is 5.41 Å². The fourth-order valence-electron chi connectivity index (χ4n) is 3.29. The van der Waals surface area contributed by atoms with Crippen molar-refractivity contribution in [3.05, 3.63) is 9.67 Å². The monoisotopic (exact) mass is 404 g/mol. The number of unbranched alkanes of at least 4 members (excludes halogenated alkanes) is 3. The first-order valence-corrected chi connectivity index (χ1v) is 16.7. The average Bonchev–Trinajstić information content (AvgIpc) is 2.43. The van der Waals surface area contributed by atoms with E-state index in [1.807, 2.05) is 0 Å². The van der Waals surface area contributed by atoms with Crippen LogP contribution in [-0.2, 0) is 0 Å². The molecule has 0 fully saturated rings. The van der Waals surface area contributed by atoms with Crippen molar-refractivity contribution in [2.45, 2.75) is 93.4 Å². The fourth-order valence-corrected chi connectivity index (χ4v) is 20.1. The third kappa shape index (κ3) is 8.64. The molecule has 0 aromatic rings. The summed E-state index contributed by atoms with van der Waals surface area (Å²) < 4.78 is 5.88. The summed E-state index contributed by atoms with van der Waals surface area (Å²) in [4.78, 5) is 0. The molecule has 0 unspecified atom stereocenters. The number of hydrogen-bond donors (Lipinski definition) is 1. The molecule has 0 spiro atoms. The molecule has 0 rings (SSSR count). The summed E-state index contributed by atoms with van der Waals surface area (Å²) in [6.45, 7) is 14.1. The van der Waals surface area contributed by atoms with Crippen LogP contribution in [0.1, 0.15) is 80.1 Å². The average molecular weight is 403 g/mol. The minimum atomic E-state index is -2.37. The number of aliphatic hydroxyl groups is 1. The van der Waals surface area contributed by atoms with Gasteiger partial charge in [-0.15, -0.1) is 0 Å². The standard InChI is InChI=1S/C7H13O.3C4H9.Sn/c1-7(2,3)5-4-6-8;3*1-3-4-2;/h5,8H,6H2,1-3H3;3*1,3-4H2,2H3;. The Balaban J connectivity index is 5.48. The van der Waals surface area contributed by atoms with Crippen LogP contribution in [-0.4, -0.2) is 30.1 Å². The van der Waals surface area contributed by atoms with Crippen LogP contribution < -0.4 is 0 Å². The molecule has 1 N–H and O–H groups in total. The van der Waals surface area contributed by atoms with Crippen molar-refractivity contribution in [1.82, 2.24) is 0 Å². The van der Waals surface area contributed by atoms with E-state index in [1.54, 1.807) is 0 Å². The molecule has 21 heavy (non-hydrogen) atoms. The van der Waals surface area contributed by atoms with Crippen LogP contribution in [0.2, 0.25) is 13.3 Å². The molecule has 1 nitrogen and oxygen atoms in total. The van der Waals surface area contributed by atoms with Crippen molar-refractivity contribution in [1.29, 1.82) is 0 Å². The summed E-state index contributed by atoms with van der Waals surface area (Å²) >= 11 is -2.37. The second-order valence-corrected chi connectivity index (χ2v) is 21.2. The Morgan fingerprint density at radius 1 is 0.857 bits per heavy atom. The van der Waals surface area contributed by atoms with Gasteiger partial charge < -0.3 is 0 Å². The van der Waals surface area contributed by atoms with E-state index in [0.717, 1.165) is 0 Å². The molecular weight excluding hydrogens is 363 g/mol. The summed E-state index contributed by atoms with van der Waals surface area (Å²) in [5, 5.41) is 10.1. The van der Waals surface area contributed by atoms with Gasteiger partial charge in [-0.25, -0.2) is 0 Å². The minimum absolute atomic E-state index is 0.199. The van der Waals surface area contributed by atoms with Crippen LogP contribution in [0, 0.1) is 5.41 Å². The van der Waals surface area contributed by atoms with Gasteiger partial charge in [0, 0.05) is 0 Å². The Morgan fingerprint density at radius 2 is 1.24 bits per heavy atom. The summed E-state index contributed by atoms with van der Waals surface area (Å²) in [6, 6.07) is 0. The Hall–Kier alpha value is 0.499. The molecule has 2 heteroatoms. The molecule has 0 aromatic carbocycles. The van der Waals surface area contributed by atoms with Gasteiger partial charge in [0.2, 0.25) is 0 Å². The molecule has 0 aliphatic rings. The summed E-state index contributed by atoms with van der Waals surface area (Å²) in [5.74, 6) is 0. The number of hydrogen-bond acceptors (Lipinski definition) is 1. The Labute approximate surface area is 138 Å². The van der Waals surface area contributed by atoms with Crippen LogP contribution in [0.4, 0.5) is 0 Å². The van der Waals surface area contributed by atoms with Gasteiger partial charge in [0.25, 0.3) is 0 Å². The number of aliphatic hydroxyl groups excluding tert-OH is 1. The molecule has 0 aliphatic heterocycles. The molecule has 0 saturated heterocycles. The van der Waals surface area contributed by atoms with Crippen LogP contribution >= 0.6 is 0 Å². The summed E-state index contributed by atoms with van der Waals surface area (Å²) in [6.07, 6.45) is 10.4. The second kappa shape index (κ2) is 11.1. The zero-order chi connectivity index (χ0) is 16.4. The fraction of sp³-hybridized carbons (Fsp3) is 0.895. The van der Waals surface area contributed by atoms with E-state index in [1.165, 1.54) is 55.4 Å². The number of rotatable bonds is 11. The zero-order valence-electron chi connectivity index (χ0n) is 15.6. The van der Waals surface area contributed by atoms with Gasteiger partial charge >= 0.3 is 139 Å². The molecule has 0 amide bonds. The number of allylic oxidation sites excluding steroid dienone is 1. The Morgan fingerprint density at radius 3 is 1.48 bits per heavy atom. The van der Waals surface area contributed by atoms with Crippen LogP contribution in [0.5, 0.6) is 0 Å². The Kier molecular flexibility index (Phi) is 11.4. The SMILES string of the molecule is CCC[CH2][Sn]([CH2]CCC)([CH2]CCC)/[C](=C\C(C)(C)C)CO. The first kappa shape index (κ1) is 21.5.